The standard InChI is InChI=1S/C18H16N2O4/c21-9-2-1-8(14(22)5-9)7-19-20-17(23)15-10-3-4-11(13-6-12(10)13)16(15)18(20)24/h1-5,7,10-13,15-16,21-22H,6H2/b19-7-/t10-,11-,12-,13-,15+,16+/m0/s1. The average Bonchev–Trinajstić information content (AvgIpc) is 3.33. The molecule has 4 aliphatic carbocycles. The number of hydrogen-bond donors (Lipinski definition) is 2. The van der Waals surface area contributed by atoms with Crippen molar-refractivity contribution in [3.05, 3.63) is 35.9 Å². The molecule has 0 unspecified atom stereocenters. The van der Waals surface area contributed by atoms with Crippen molar-refractivity contribution in [1.29, 1.82) is 0 Å². The van der Waals surface area contributed by atoms with Gasteiger partial charge in [0.25, 0.3) is 11.8 Å². The first-order chi connectivity index (χ1) is 11.6. The smallest absolute Gasteiger partial charge is 0.254 e. The molecule has 3 fully saturated rings. The number of carbonyl (C=O) groups excluding carboxylic acids is 2. The van der Waals surface area contributed by atoms with Crippen LogP contribution in [0.25, 0.3) is 0 Å². The summed E-state index contributed by atoms with van der Waals surface area (Å²) >= 11 is 0. The van der Waals surface area contributed by atoms with E-state index >= 15 is 0 Å². The van der Waals surface area contributed by atoms with Gasteiger partial charge in [0.05, 0.1) is 18.1 Å². The average molecular weight is 324 g/mol. The number of aromatic hydroxyl groups is 2. The molecule has 0 radical (unpaired) electrons. The number of carbonyl (C=O) groups is 2. The van der Waals surface area contributed by atoms with Gasteiger partial charge in [0.1, 0.15) is 11.5 Å². The molecule has 1 aromatic carbocycles. The Balaban J connectivity index is 1.45. The lowest BCUT2D eigenvalue weighted by Gasteiger charge is -2.37. The summed E-state index contributed by atoms with van der Waals surface area (Å²) < 4.78 is 0. The molecule has 2 N–H and O–H groups in total. The molecule has 1 aliphatic heterocycles. The molecule has 6 heteroatoms. The van der Waals surface area contributed by atoms with E-state index in [1.165, 1.54) is 24.4 Å². The van der Waals surface area contributed by atoms with Gasteiger partial charge in [0.15, 0.2) is 0 Å². The number of hydrazone groups is 1. The van der Waals surface area contributed by atoms with Crippen LogP contribution in [-0.4, -0.2) is 33.3 Å². The van der Waals surface area contributed by atoms with E-state index in [1.54, 1.807) is 0 Å². The Morgan fingerprint density at radius 3 is 2.25 bits per heavy atom. The van der Waals surface area contributed by atoms with E-state index in [4.69, 9.17) is 0 Å². The molecule has 2 bridgehead atoms. The van der Waals surface area contributed by atoms with Crippen molar-refractivity contribution in [1.82, 2.24) is 5.01 Å². The third-order valence-electron chi connectivity index (χ3n) is 5.97. The van der Waals surface area contributed by atoms with E-state index in [1.807, 2.05) is 0 Å². The maximum atomic E-state index is 12.7. The first-order valence-electron chi connectivity index (χ1n) is 8.18. The fourth-order valence-electron chi connectivity index (χ4n) is 4.82. The summed E-state index contributed by atoms with van der Waals surface area (Å²) in [5, 5.41) is 24.1. The highest BCUT2D eigenvalue weighted by Crippen LogP contribution is 2.65. The van der Waals surface area contributed by atoms with E-state index in [2.05, 4.69) is 17.3 Å². The lowest BCUT2D eigenvalue weighted by Crippen LogP contribution is -2.40. The zero-order chi connectivity index (χ0) is 16.6. The molecule has 6 atom stereocenters. The predicted octanol–water partition coefficient (Wildman–Crippen LogP) is 1.48. The van der Waals surface area contributed by atoms with E-state index in [0.717, 1.165) is 11.4 Å². The summed E-state index contributed by atoms with van der Waals surface area (Å²) in [7, 11) is 0. The van der Waals surface area contributed by atoms with Crippen molar-refractivity contribution in [3.63, 3.8) is 0 Å². The van der Waals surface area contributed by atoms with Crippen LogP contribution in [0.4, 0.5) is 0 Å². The van der Waals surface area contributed by atoms with Crippen LogP contribution in [-0.2, 0) is 9.59 Å². The molecule has 122 valence electrons. The van der Waals surface area contributed by atoms with Crippen molar-refractivity contribution in [2.24, 2.45) is 40.6 Å². The minimum absolute atomic E-state index is 0.0640. The largest absolute Gasteiger partial charge is 0.508 e. The van der Waals surface area contributed by atoms with E-state index in [9.17, 15) is 19.8 Å². The third kappa shape index (κ3) is 1.68. The Hall–Kier alpha value is -2.63. The van der Waals surface area contributed by atoms with Gasteiger partial charge in [0, 0.05) is 11.6 Å². The molecule has 2 amide bonds. The highest BCUT2D eigenvalue weighted by molar-refractivity contribution is 6.06. The van der Waals surface area contributed by atoms with Gasteiger partial charge < -0.3 is 10.2 Å². The van der Waals surface area contributed by atoms with E-state index in [-0.39, 0.29) is 47.0 Å². The molecule has 24 heavy (non-hydrogen) atoms. The monoisotopic (exact) mass is 324 g/mol. The fraction of sp³-hybridized carbons (Fsp3) is 0.389. The van der Waals surface area contributed by atoms with Crippen LogP contribution < -0.4 is 0 Å². The van der Waals surface area contributed by atoms with Crippen LogP contribution in [0, 0.1) is 35.5 Å². The first-order valence-corrected chi connectivity index (χ1v) is 8.18. The molecule has 0 aromatic heterocycles. The summed E-state index contributed by atoms with van der Waals surface area (Å²) in [6, 6.07) is 4.07. The van der Waals surface area contributed by atoms with Crippen LogP contribution in [0.2, 0.25) is 0 Å². The van der Waals surface area contributed by atoms with Gasteiger partial charge in [0.2, 0.25) is 0 Å². The highest BCUT2D eigenvalue weighted by Gasteiger charge is 2.67. The van der Waals surface area contributed by atoms with Crippen LogP contribution in [0.3, 0.4) is 0 Å². The second-order valence-corrected chi connectivity index (χ2v) is 7.13. The van der Waals surface area contributed by atoms with Crippen molar-refractivity contribution >= 4 is 18.0 Å². The van der Waals surface area contributed by atoms with Crippen LogP contribution in [0.15, 0.2) is 35.5 Å². The number of hydrogen-bond acceptors (Lipinski definition) is 5. The summed E-state index contributed by atoms with van der Waals surface area (Å²) in [4.78, 5) is 25.4. The second-order valence-electron chi connectivity index (χ2n) is 7.13. The zero-order valence-electron chi connectivity index (χ0n) is 12.7. The topological polar surface area (TPSA) is 90.2 Å². The van der Waals surface area contributed by atoms with Gasteiger partial charge in [-0.3, -0.25) is 9.59 Å². The van der Waals surface area contributed by atoms with Crippen molar-refractivity contribution in [3.8, 4) is 11.5 Å². The van der Waals surface area contributed by atoms with Gasteiger partial charge in [-0.25, -0.2) is 0 Å². The molecule has 1 aromatic rings. The van der Waals surface area contributed by atoms with Gasteiger partial charge >= 0.3 is 0 Å². The Morgan fingerprint density at radius 1 is 1.04 bits per heavy atom. The van der Waals surface area contributed by atoms with Crippen molar-refractivity contribution in [2.45, 2.75) is 6.42 Å². The minimum Gasteiger partial charge on any atom is -0.508 e. The molecule has 0 spiro atoms. The summed E-state index contributed by atoms with van der Waals surface area (Å²) in [6.45, 7) is 0. The number of amides is 2. The van der Waals surface area contributed by atoms with E-state index < -0.39 is 0 Å². The number of allylic oxidation sites excluding steroid dienone is 2. The number of benzene rings is 1. The van der Waals surface area contributed by atoms with Crippen molar-refractivity contribution in [2.75, 3.05) is 0 Å². The molecule has 1 saturated heterocycles. The lowest BCUT2D eigenvalue weighted by molar-refractivity contribution is -0.140. The quantitative estimate of drug-likeness (QED) is 0.490. The van der Waals surface area contributed by atoms with Crippen LogP contribution in [0.1, 0.15) is 12.0 Å². The number of imide groups is 1. The van der Waals surface area contributed by atoms with Gasteiger partial charge in [-0.2, -0.15) is 10.1 Å². The SMILES string of the molecule is O=C1[C@@H]2[C@H]3C=C[C@@H]([C@@H]4C[C@@H]34)[C@H]2C(=O)N1/N=C\c1ccc(O)cc1O. The minimum atomic E-state index is -0.276. The summed E-state index contributed by atoms with van der Waals surface area (Å²) in [5.41, 5.74) is 0.340. The maximum Gasteiger partial charge on any atom is 0.254 e. The molecule has 2 saturated carbocycles. The number of phenolic OH excluding ortho intramolecular Hbond substituents is 2. The number of phenols is 2. The highest BCUT2D eigenvalue weighted by atomic mass is 16.3. The molecule has 6 nitrogen and oxygen atoms in total. The zero-order valence-corrected chi connectivity index (χ0v) is 12.7. The maximum absolute atomic E-state index is 12.7. The first kappa shape index (κ1) is 13.8. The van der Waals surface area contributed by atoms with Crippen LogP contribution in [0.5, 0.6) is 11.5 Å². The molecule has 1 heterocycles. The van der Waals surface area contributed by atoms with Crippen LogP contribution >= 0.6 is 0 Å². The molecule has 5 aliphatic rings. The second kappa shape index (κ2) is 4.47. The van der Waals surface area contributed by atoms with Gasteiger partial charge in [-0.05, 0) is 42.2 Å². The van der Waals surface area contributed by atoms with Gasteiger partial charge in [-0.15, -0.1) is 0 Å². The Morgan fingerprint density at radius 2 is 1.67 bits per heavy atom. The normalized spacial score (nSPS) is 38.8. The molecular formula is C18H16N2O4. The molecule has 6 rings (SSSR count). The summed E-state index contributed by atoms with van der Waals surface area (Å²) in [6.07, 6.45) is 6.65. The Kier molecular flexibility index (Phi) is 2.56. The third-order valence-corrected chi connectivity index (χ3v) is 5.97. The predicted molar refractivity (Wildman–Crippen MR) is 83.9 cm³/mol. The summed E-state index contributed by atoms with van der Waals surface area (Å²) in [5.74, 6) is 0.222. The lowest BCUT2D eigenvalue weighted by atomic mass is 9.63. The van der Waals surface area contributed by atoms with E-state index in [0.29, 0.717) is 17.4 Å². The van der Waals surface area contributed by atoms with Gasteiger partial charge in [-0.1, -0.05) is 12.2 Å². The number of nitrogens with zero attached hydrogens (tertiary/aromatic N) is 2. The number of rotatable bonds is 2. The Bertz CT molecular complexity index is 794. The molecular weight excluding hydrogens is 308 g/mol. The Labute approximate surface area is 138 Å². The fourth-order valence-corrected chi connectivity index (χ4v) is 4.82. The van der Waals surface area contributed by atoms with Crippen molar-refractivity contribution < 1.29 is 19.8 Å².